The van der Waals surface area contributed by atoms with Crippen molar-refractivity contribution in [1.29, 1.82) is 0 Å². The van der Waals surface area contributed by atoms with Crippen LogP contribution in [0.2, 0.25) is 0 Å². The number of sulfonamides is 1. The number of ether oxygens (including phenoxy) is 2. The van der Waals surface area contributed by atoms with Crippen LogP contribution in [-0.2, 0) is 27.8 Å². The van der Waals surface area contributed by atoms with E-state index in [1.807, 2.05) is 22.8 Å². The summed E-state index contributed by atoms with van der Waals surface area (Å²) in [5.74, 6) is -0.913. The van der Waals surface area contributed by atoms with E-state index in [4.69, 9.17) is 9.47 Å². The number of nitrogens with one attached hydrogen (secondary N) is 1. The Morgan fingerprint density at radius 1 is 1.06 bits per heavy atom. The number of allylic oxidation sites excluding steroid dienone is 1. The average molecular weight is 713 g/mol. The van der Waals surface area contributed by atoms with Gasteiger partial charge in [-0.05, 0) is 92.6 Å². The Kier molecular flexibility index (Phi) is 9.59. The van der Waals surface area contributed by atoms with E-state index in [2.05, 4.69) is 9.82 Å². The maximum absolute atomic E-state index is 13.9. The lowest BCUT2D eigenvalue weighted by molar-refractivity contribution is -0.142. The molecule has 1 fully saturated rings. The normalized spacial score (nSPS) is 15.3. The topological polar surface area (TPSA) is 122 Å². The molecular weight excluding hydrogens is 673 g/mol. The number of carbonyl (C=O) groups is 2. The number of aromatic nitrogens is 3. The second-order valence-corrected chi connectivity index (χ2v) is 15.2. The summed E-state index contributed by atoms with van der Waals surface area (Å²) in [4.78, 5) is 26.5. The highest BCUT2D eigenvalue weighted by molar-refractivity contribution is 7.90. The number of methoxy groups -OCH3 is 1. The molecule has 1 saturated carbocycles. The van der Waals surface area contributed by atoms with Gasteiger partial charge in [0.1, 0.15) is 17.9 Å². The van der Waals surface area contributed by atoms with Gasteiger partial charge in [-0.2, -0.15) is 18.3 Å². The standard InChI is InChI=1S/C36H39F3N4O6S/c1-5-49-35(45)29-18-40-43(20-36(37,38)39)32(29)25-15-24-16-26(48-4)12-14-27(24)33-31(22-9-7-6-8-10-22)28-13-11-23(17-30(28)42(33)19-25)34(44)41-50(46,47)21(2)3/h11-18,21-22H,5-10,19-20H2,1-4H3,(H,41,44). The molecule has 0 radical (unpaired) electrons. The minimum atomic E-state index is -4.64. The zero-order valence-corrected chi connectivity index (χ0v) is 29.1. The van der Waals surface area contributed by atoms with Crippen LogP contribution in [0.5, 0.6) is 5.75 Å². The van der Waals surface area contributed by atoms with Crippen molar-refractivity contribution in [2.75, 3.05) is 13.7 Å². The summed E-state index contributed by atoms with van der Waals surface area (Å²) in [6.45, 7) is 3.12. The number of hydrogen-bond donors (Lipinski definition) is 1. The van der Waals surface area contributed by atoms with Gasteiger partial charge in [-0.1, -0.05) is 25.3 Å². The van der Waals surface area contributed by atoms with E-state index >= 15 is 0 Å². The third kappa shape index (κ3) is 6.77. The fourth-order valence-electron chi connectivity index (χ4n) is 7.00. The first-order valence-corrected chi connectivity index (χ1v) is 18.2. The van der Waals surface area contributed by atoms with Gasteiger partial charge >= 0.3 is 12.1 Å². The molecule has 1 amide bonds. The molecule has 50 heavy (non-hydrogen) atoms. The number of halogens is 3. The molecule has 0 spiro atoms. The number of fused-ring (bicyclic) bond motifs is 5. The molecule has 0 bridgehead atoms. The number of hydrogen-bond acceptors (Lipinski definition) is 7. The molecular formula is C36H39F3N4O6S. The third-order valence-corrected chi connectivity index (χ3v) is 11.1. The van der Waals surface area contributed by atoms with Crippen molar-refractivity contribution in [2.45, 2.75) is 83.3 Å². The van der Waals surface area contributed by atoms with E-state index in [0.717, 1.165) is 65.2 Å². The number of carbonyl (C=O) groups excluding carboxylic acids is 2. The van der Waals surface area contributed by atoms with Crippen LogP contribution in [0.4, 0.5) is 13.2 Å². The van der Waals surface area contributed by atoms with E-state index in [0.29, 0.717) is 22.4 Å². The second kappa shape index (κ2) is 13.6. The maximum atomic E-state index is 13.9. The minimum Gasteiger partial charge on any atom is -0.497 e. The number of benzene rings is 2. The highest BCUT2D eigenvalue weighted by Crippen LogP contribution is 2.48. The Hall–Kier alpha value is -4.59. The van der Waals surface area contributed by atoms with Crippen molar-refractivity contribution in [3.63, 3.8) is 0 Å². The lowest BCUT2D eigenvalue weighted by Gasteiger charge is -2.24. The van der Waals surface area contributed by atoms with E-state index < -0.39 is 39.9 Å². The molecule has 0 saturated heterocycles. The Balaban J connectivity index is 1.64. The number of amides is 1. The fraction of sp³-hybridized carbons (Fsp3) is 0.417. The van der Waals surface area contributed by atoms with E-state index in [9.17, 15) is 31.2 Å². The van der Waals surface area contributed by atoms with Crippen LogP contribution in [0.25, 0.3) is 33.8 Å². The molecule has 14 heteroatoms. The lowest BCUT2D eigenvalue weighted by Crippen LogP contribution is -2.35. The van der Waals surface area contributed by atoms with Crippen molar-refractivity contribution in [1.82, 2.24) is 19.1 Å². The summed E-state index contributed by atoms with van der Waals surface area (Å²) in [6.07, 6.45) is 3.23. The molecule has 0 atom stereocenters. The van der Waals surface area contributed by atoms with E-state index in [-0.39, 0.29) is 35.9 Å². The van der Waals surface area contributed by atoms with Crippen molar-refractivity contribution >= 4 is 44.5 Å². The number of rotatable bonds is 9. The van der Waals surface area contributed by atoms with Crippen LogP contribution in [-0.4, -0.2) is 59.8 Å². The molecule has 2 aromatic heterocycles. The van der Waals surface area contributed by atoms with Crippen LogP contribution < -0.4 is 9.46 Å². The first-order chi connectivity index (χ1) is 23.7. The van der Waals surface area contributed by atoms with Gasteiger partial charge in [-0.3, -0.25) is 9.48 Å². The first kappa shape index (κ1) is 35.2. The number of esters is 1. The van der Waals surface area contributed by atoms with Crippen molar-refractivity contribution in [3.05, 3.63) is 70.5 Å². The summed E-state index contributed by atoms with van der Waals surface area (Å²) >= 11 is 0. The largest absolute Gasteiger partial charge is 0.497 e. The molecule has 0 unspecified atom stereocenters. The van der Waals surface area contributed by atoms with Crippen LogP contribution in [0.3, 0.4) is 0 Å². The number of nitrogens with zero attached hydrogens (tertiary/aromatic N) is 3. The highest BCUT2D eigenvalue weighted by atomic mass is 32.2. The van der Waals surface area contributed by atoms with Gasteiger partial charge in [-0.15, -0.1) is 0 Å². The third-order valence-electron chi connectivity index (χ3n) is 9.37. The maximum Gasteiger partial charge on any atom is 0.408 e. The van der Waals surface area contributed by atoms with Gasteiger partial charge in [0.2, 0.25) is 10.0 Å². The monoisotopic (exact) mass is 712 g/mol. The van der Waals surface area contributed by atoms with Gasteiger partial charge in [-0.25, -0.2) is 17.9 Å². The highest BCUT2D eigenvalue weighted by Gasteiger charge is 2.35. The summed E-state index contributed by atoms with van der Waals surface area (Å²) in [5, 5.41) is 4.01. The summed E-state index contributed by atoms with van der Waals surface area (Å²) in [6, 6.07) is 10.6. The van der Waals surface area contributed by atoms with Gasteiger partial charge in [0.05, 0.1) is 43.1 Å². The van der Waals surface area contributed by atoms with Crippen LogP contribution >= 0.6 is 0 Å². The SMILES string of the molecule is CCOC(=O)c1cnn(CC(F)(F)F)c1C1=Cc2cc(OC)ccc2-c2c(C3CCCCC3)c3ccc(C(=O)NS(=O)(=O)C(C)C)cc3n2C1. The molecule has 3 heterocycles. The van der Waals surface area contributed by atoms with Crippen molar-refractivity contribution in [3.8, 4) is 17.0 Å². The van der Waals surface area contributed by atoms with Crippen LogP contribution in [0.1, 0.15) is 96.3 Å². The van der Waals surface area contributed by atoms with Gasteiger partial charge in [0, 0.05) is 22.0 Å². The summed E-state index contributed by atoms with van der Waals surface area (Å²) in [7, 11) is -2.40. The quantitative estimate of drug-likeness (QED) is 0.181. The molecule has 1 aliphatic heterocycles. The minimum absolute atomic E-state index is 0.000862. The van der Waals surface area contributed by atoms with Crippen LogP contribution in [0, 0.1) is 0 Å². The first-order valence-electron chi connectivity index (χ1n) is 16.6. The Labute approximate surface area is 288 Å². The van der Waals surface area contributed by atoms with E-state index in [1.54, 1.807) is 31.2 Å². The van der Waals surface area contributed by atoms with Crippen molar-refractivity contribution in [2.24, 2.45) is 0 Å². The molecule has 6 rings (SSSR count). The van der Waals surface area contributed by atoms with Crippen LogP contribution in [0.15, 0.2) is 42.6 Å². The predicted molar refractivity (Wildman–Crippen MR) is 183 cm³/mol. The molecule has 266 valence electrons. The average Bonchev–Trinajstić information content (AvgIpc) is 3.56. The zero-order valence-electron chi connectivity index (χ0n) is 28.3. The smallest absolute Gasteiger partial charge is 0.408 e. The molecule has 2 aliphatic rings. The number of alkyl halides is 3. The molecule has 1 N–H and O–H groups in total. The Bertz CT molecular complexity index is 2110. The second-order valence-electron chi connectivity index (χ2n) is 13.0. The van der Waals surface area contributed by atoms with Gasteiger partial charge in [0.25, 0.3) is 5.91 Å². The zero-order chi connectivity index (χ0) is 36.0. The molecule has 1 aliphatic carbocycles. The molecule has 10 nitrogen and oxygen atoms in total. The van der Waals surface area contributed by atoms with Gasteiger partial charge < -0.3 is 14.0 Å². The van der Waals surface area contributed by atoms with Crippen molar-refractivity contribution < 1.29 is 40.7 Å². The Morgan fingerprint density at radius 3 is 2.46 bits per heavy atom. The lowest BCUT2D eigenvalue weighted by atomic mass is 9.81. The summed E-state index contributed by atoms with van der Waals surface area (Å²) in [5.41, 5.74) is 4.25. The Morgan fingerprint density at radius 2 is 1.80 bits per heavy atom. The predicted octanol–water partition coefficient (Wildman–Crippen LogP) is 7.32. The van der Waals surface area contributed by atoms with E-state index in [1.165, 1.54) is 21.0 Å². The summed E-state index contributed by atoms with van der Waals surface area (Å²) < 4.78 is 82.6. The molecule has 4 aromatic rings. The fourth-order valence-corrected chi connectivity index (χ4v) is 7.62. The molecule has 2 aromatic carbocycles. The van der Waals surface area contributed by atoms with Gasteiger partial charge in [0.15, 0.2) is 0 Å².